The Morgan fingerprint density at radius 3 is 2.33 bits per heavy atom. The standard InChI is InChI=1S/C14H23N5O2/c1-8-18(10(2)3)12(5)17-9-19(16-7)13(15-6)11(4)14(20)21/h8,10,17H,1,5-7,9H2,2-4H3,(H,20,21)/b13-11+. The summed E-state index contributed by atoms with van der Waals surface area (Å²) in [6.07, 6.45) is 1.65. The van der Waals surface area contributed by atoms with Crippen molar-refractivity contribution in [2.24, 2.45) is 10.1 Å². The minimum atomic E-state index is -1.10. The first kappa shape index (κ1) is 18.4. The second-order valence-corrected chi connectivity index (χ2v) is 4.42. The second-order valence-electron chi connectivity index (χ2n) is 4.42. The Bertz CT molecular complexity index is 468. The van der Waals surface area contributed by atoms with E-state index in [0.29, 0.717) is 5.82 Å². The summed E-state index contributed by atoms with van der Waals surface area (Å²) in [4.78, 5) is 16.5. The Morgan fingerprint density at radius 2 is 2.00 bits per heavy atom. The van der Waals surface area contributed by atoms with Crippen molar-refractivity contribution in [3.05, 3.63) is 36.6 Å². The van der Waals surface area contributed by atoms with E-state index in [-0.39, 0.29) is 24.1 Å². The molecule has 0 fully saturated rings. The molecule has 7 nitrogen and oxygen atoms in total. The molecule has 0 amide bonds. The lowest BCUT2D eigenvalue weighted by molar-refractivity contribution is -0.132. The van der Waals surface area contributed by atoms with E-state index in [0.717, 1.165) is 0 Å². The maximum atomic E-state index is 11.0. The lowest BCUT2D eigenvalue weighted by atomic mass is 10.3. The van der Waals surface area contributed by atoms with Crippen molar-refractivity contribution in [3.8, 4) is 0 Å². The van der Waals surface area contributed by atoms with Crippen molar-refractivity contribution in [2.75, 3.05) is 6.67 Å². The molecule has 0 aliphatic rings. The van der Waals surface area contributed by atoms with Gasteiger partial charge in [-0.1, -0.05) is 13.2 Å². The lowest BCUT2D eigenvalue weighted by Gasteiger charge is -2.29. The molecule has 0 aliphatic heterocycles. The van der Waals surface area contributed by atoms with E-state index < -0.39 is 5.97 Å². The molecule has 21 heavy (non-hydrogen) atoms. The maximum absolute atomic E-state index is 11.0. The van der Waals surface area contributed by atoms with E-state index in [1.807, 2.05) is 18.7 Å². The normalized spacial score (nSPS) is 11.2. The number of hydrogen-bond acceptors (Lipinski definition) is 6. The molecule has 0 aromatic heterocycles. The van der Waals surface area contributed by atoms with Crippen LogP contribution in [0, 0.1) is 0 Å². The summed E-state index contributed by atoms with van der Waals surface area (Å²) in [5.41, 5.74) is 0.0225. The monoisotopic (exact) mass is 293 g/mol. The van der Waals surface area contributed by atoms with Gasteiger partial charge in [0.05, 0.1) is 11.4 Å². The molecular formula is C14H23N5O2. The summed E-state index contributed by atoms with van der Waals surface area (Å²) >= 11 is 0. The Kier molecular flexibility index (Phi) is 7.52. The SMILES string of the molecule is C=CN(C(=C)NCN(N=C)/C(N=C)=C(\C)C(=O)O)C(C)C. The molecular weight excluding hydrogens is 270 g/mol. The predicted octanol–water partition coefficient (Wildman–Crippen LogP) is 1.79. The third-order valence-electron chi connectivity index (χ3n) is 2.72. The highest BCUT2D eigenvalue weighted by atomic mass is 16.4. The van der Waals surface area contributed by atoms with Gasteiger partial charge >= 0.3 is 5.97 Å². The third-order valence-corrected chi connectivity index (χ3v) is 2.72. The molecule has 0 aliphatic carbocycles. The van der Waals surface area contributed by atoms with Crippen molar-refractivity contribution in [1.82, 2.24) is 15.2 Å². The smallest absolute Gasteiger partial charge is 0.335 e. The molecule has 0 saturated heterocycles. The average molecular weight is 293 g/mol. The number of carboxylic acids is 1. The summed E-state index contributed by atoms with van der Waals surface area (Å²) in [6, 6.07) is 0.181. The van der Waals surface area contributed by atoms with Gasteiger partial charge in [0.1, 0.15) is 6.67 Å². The summed E-state index contributed by atoms with van der Waals surface area (Å²) in [5.74, 6) is -0.377. The van der Waals surface area contributed by atoms with Crippen molar-refractivity contribution >= 4 is 19.4 Å². The van der Waals surface area contributed by atoms with E-state index in [4.69, 9.17) is 5.11 Å². The number of aliphatic imine (C=N–C) groups is 1. The number of aliphatic carboxylic acids is 1. The number of hydrogen-bond donors (Lipinski definition) is 2. The zero-order chi connectivity index (χ0) is 16.6. The molecule has 0 unspecified atom stereocenters. The van der Waals surface area contributed by atoms with E-state index in [1.165, 1.54) is 11.9 Å². The molecule has 7 heteroatoms. The number of nitrogens with zero attached hydrogens (tertiary/aromatic N) is 4. The first-order chi connectivity index (χ1) is 9.79. The molecule has 0 rings (SSSR count). The zero-order valence-electron chi connectivity index (χ0n) is 12.8. The van der Waals surface area contributed by atoms with Crippen LogP contribution in [-0.4, -0.2) is 47.1 Å². The second kappa shape index (κ2) is 8.57. The van der Waals surface area contributed by atoms with Crippen LogP contribution in [0.25, 0.3) is 0 Å². The predicted molar refractivity (Wildman–Crippen MR) is 85.6 cm³/mol. The van der Waals surface area contributed by atoms with E-state index in [1.54, 1.807) is 6.20 Å². The number of hydrazone groups is 1. The Balaban J connectivity index is 5.03. The van der Waals surface area contributed by atoms with Crippen molar-refractivity contribution in [1.29, 1.82) is 0 Å². The molecule has 0 aromatic rings. The van der Waals surface area contributed by atoms with Crippen LogP contribution in [0.4, 0.5) is 0 Å². The summed E-state index contributed by atoms with van der Waals surface area (Å²) in [7, 11) is 0. The van der Waals surface area contributed by atoms with Crippen LogP contribution in [0.3, 0.4) is 0 Å². The summed E-state index contributed by atoms with van der Waals surface area (Å²) < 4.78 is 0. The first-order valence-electron chi connectivity index (χ1n) is 6.28. The van der Waals surface area contributed by atoms with Crippen LogP contribution < -0.4 is 5.32 Å². The molecule has 0 spiro atoms. The van der Waals surface area contributed by atoms with Gasteiger partial charge in [0.2, 0.25) is 0 Å². The van der Waals surface area contributed by atoms with E-state index in [9.17, 15) is 4.79 Å². The first-order valence-corrected chi connectivity index (χ1v) is 6.28. The van der Waals surface area contributed by atoms with Gasteiger partial charge in [-0.25, -0.2) is 14.8 Å². The average Bonchev–Trinajstić information content (AvgIpc) is 2.42. The Morgan fingerprint density at radius 1 is 1.43 bits per heavy atom. The van der Waals surface area contributed by atoms with Crippen molar-refractivity contribution in [3.63, 3.8) is 0 Å². The highest BCUT2D eigenvalue weighted by molar-refractivity contribution is 5.86. The fourth-order valence-corrected chi connectivity index (χ4v) is 1.57. The van der Waals surface area contributed by atoms with Crippen molar-refractivity contribution in [2.45, 2.75) is 26.8 Å². The summed E-state index contributed by atoms with van der Waals surface area (Å²) in [6.45, 7) is 19.9. The summed E-state index contributed by atoms with van der Waals surface area (Å²) in [5, 5.41) is 17.1. The number of rotatable bonds is 10. The Labute approximate surface area is 125 Å². The molecule has 0 radical (unpaired) electrons. The van der Waals surface area contributed by atoms with Crippen LogP contribution in [-0.2, 0) is 4.79 Å². The fourth-order valence-electron chi connectivity index (χ4n) is 1.57. The molecule has 0 aromatic carbocycles. The number of carbonyl (C=O) groups is 1. The largest absolute Gasteiger partial charge is 0.478 e. The Hall–Kier alpha value is -2.57. The zero-order valence-corrected chi connectivity index (χ0v) is 12.8. The van der Waals surface area contributed by atoms with Gasteiger partial charge < -0.3 is 15.3 Å². The van der Waals surface area contributed by atoms with Gasteiger partial charge in [-0.3, -0.25) is 0 Å². The minimum Gasteiger partial charge on any atom is -0.478 e. The van der Waals surface area contributed by atoms with Gasteiger partial charge in [-0.2, -0.15) is 5.10 Å². The van der Waals surface area contributed by atoms with Crippen LogP contribution in [0.1, 0.15) is 20.8 Å². The highest BCUT2D eigenvalue weighted by Crippen LogP contribution is 2.12. The molecule has 0 atom stereocenters. The van der Waals surface area contributed by atoms with E-state index in [2.05, 4.69) is 42.0 Å². The van der Waals surface area contributed by atoms with Crippen LogP contribution >= 0.6 is 0 Å². The molecule has 2 N–H and O–H groups in total. The highest BCUT2D eigenvalue weighted by Gasteiger charge is 2.15. The van der Waals surface area contributed by atoms with Crippen molar-refractivity contribution < 1.29 is 9.90 Å². The van der Waals surface area contributed by atoms with Gasteiger partial charge in [0.15, 0.2) is 5.82 Å². The minimum absolute atomic E-state index is 0.0225. The molecule has 0 heterocycles. The molecule has 116 valence electrons. The quantitative estimate of drug-likeness (QED) is 0.278. The van der Waals surface area contributed by atoms with Gasteiger partial charge in [-0.05, 0) is 33.7 Å². The third kappa shape index (κ3) is 5.13. The van der Waals surface area contributed by atoms with Gasteiger partial charge in [-0.15, -0.1) is 0 Å². The van der Waals surface area contributed by atoms with E-state index >= 15 is 0 Å². The number of nitrogens with one attached hydrogen (secondary N) is 1. The van der Waals surface area contributed by atoms with Gasteiger partial charge in [0.25, 0.3) is 0 Å². The topological polar surface area (TPSA) is 80.5 Å². The van der Waals surface area contributed by atoms with Crippen LogP contribution in [0.15, 0.2) is 46.7 Å². The van der Waals surface area contributed by atoms with Gasteiger partial charge in [0, 0.05) is 12.8 Å². The number of carboxylic acid groups (broad SMARTS) is 1. The molecule has 0 saturated carbocycles. The maximum Gasteiger partial charge on any atom is 0.335 e. The molecule has 0 bridgehead atoms. The van der Waals surface area contributed by atoms with Crippen LogP contribution in [0.5, 0.6) is 0 Å². The van der Waals surface area contributed by atoms with Crippen LogP contribution in [0.2, 0.25) is 0 Å². The fraction of sp³-hybridized carbons (Fsp3) is 0.357. The lowest BCUT2D eigenvalue weighted by Crippen LogP contribution is -2.37.